The van der Waals surface area contributed by atoms with Crippen molar-refractivity contribution in [3.05, 3.63) is 66.5 Å². The standard InChI is InChI=1S/C25H23N5O2S/c1-33-19-6-2-16(3-7-19)14-30-21-13-27-23(18-5-4-17-8-9-26-20(17)12-18)28-24(21)29-10-11-32-15-22(29)25(30)31/h2-9,12-13,22,26H,10-11,14-15H2,1H3. The second-order valence-electron chi connectivity index (χ2n) is 8.24. The maximum absolute atomic E-state index is 13.5. The molecule has 1 unspecified atom stereocenters. The first-order valence-corrected chi connectivity index (χ1v) is 12.2. The minimum absolute atomic E-state index is 0.0281. The van der Waals surface area contributed by atoms with E-state index in [2.05, 4.69) is 57.5 Å². The van der Waals surface area contributed by atoms with Crippen LogP contribution in [0.5, 0.6) is 0 Å². The number of morpholine rings is 1. The molecule has 33 heavy (non-hydrogen) atoms. The molecule has 0 bridgehead atoms. The van der Waals surface area contributed by atoms with Crippen molar-refractivity contribution in [2.24, 2.45) is 0 Å². The number of carbonyl (C=O) groups is 1. The zero-order valence-electron chi connectivity index (χ0n) is 18.2. The first-order chi connectivity index (χ1) is 16.2. The summed E-state index contributed by atoms with van der Waals surface area (Å²) in [4.78, 5) is 31.4. The van der Waals surface area contributed by atoms with Crippen molar-refractivity contribution < 1.29 is 9.53 Å². The molecular formula is C25H23N5O2S. The predicted molar refractivity (Wildman–Crippen MR) is 131 cm³/mol. The first kappa shape index (κ1) is 20.3. The van der Waals surface area contributed by atoms with Gasteiger partial charge in [0, 0.05) is 28.7 Å². The summed E-state index contributed by atoms with van der Waals surface area (Å²) in [5.74, 6) is 1.47. The van der Waals surface area contributed by atoms with E-state index in [0.717, 1.165) is 33.5 Å². The van der Waals surface area contributed by atoms with Gasteiger partial charge in [0.25, 0.3) is 5.91 Å². The van der Waals surface area contributed by atoms with Gasteiger partial charge in [-0.2, -0.15) is 0 Å². The summed E-state index contributed by atoms with van der Waals surface area (Å²) in [6.07, 6.45) is 5.77. The van der Waals surface area contributed by atoms with E-state index in [1.807, 2.05) is 18.3 Å². The molecule has 2 aliphatic rings. The van der Waals surface area contributed by atoms with Crippen LogP contribution in [0.2, 0.25) is 0 Å². The number of aromatic amines is 1. The average molecular weight is 458 g/mol. The highest BCUT2D eigenvalue weighted by atomic mass is 32.2. The second kappa shape index (κ2) is 8.20. The molecule has 1 saturated heterocycles. The molecule has 1 atom stereocenters. The Labute approximate surface area is 195 Å². The number of hydrogen-bond donors (Lipinski definition) is 1. The van der Waals surface area contributed by atoms with Crippen LogP contribution in [0.4, 0.5) is 11.5 Å². The lowest BCUT2D eigenvalue weighted by atomic mass is 10.1. The van der Waals surface area contributed by atoms with Crippen molar-refractivity contribution in [3.63, 3.8) is 0 Å². The Bertz CT molecular complexity index is 1340. The Kier molecular flexibility index (Phi) is 5.04. The van der Waals surface area contributed by atoms with Crippen LogP contribution in [0, 0.1) is 0 Å². The van der Waals surface area contributed by atoms with Crippen molar-refractivity contribution >= 4 is 40.1 Å². The highest BCUT2D eigenvalue weighted by Gasteiger charge is 2.41. The van der Waals surface area contributed by atoms with Gasteiger partial charge in [0.05, 0.1) is 26.0 Å². The second-order valence-corrected chi connectivity index (χ2v) is 9.12. The van der Waals surface area contributed by atoms with Gasteiger partial charge in [-0.1, -0.05) is 24.3 Å². The molecule has 166 valence electrons. The van der Waals surface area contributed by atoms with Crippen LogP contribution in [0.3, 0.4) is 0 Å². The molecule has 8 heteroatoms. The van der Waals surface area contributed by atoms with Crippen LogP contribution < -0.4 is 9.80 Å². The predicted octanol–water partition coefficient (Wildman–Crippen LogP) is 4.10. The van der Waals surface area contributed by atoms with E-state index in [1.54, 1.807) is 22.9 Å². The Hall–Kier alpha value is -3.36. The smallest absolute Gasteiger partial charge is 0.252 e. The Balaban J connectivity index is 1.41. The summed E-state index contributed by atoms with van der Waals surface area (Å²) >= 11 is 1.70. The third-order valence-corrected chi connectivity index (χ3v) is 7.05. The van der Waals surface area contributed by atoms with Gasteiger partial charge in [0.15, 0.2) is 11.6 Å². The third kappa shape index (κ3) is 3.55. The molecule has 2 aromatic carbocycles. The molecule has 6 rings (SSSR count). The molecule has 0 spiro atoms. The molecule has 0 saturated carbocycles. The van der Waals surface area contributed by atoms with Gasteiger partial charge in [-0.15, -0.1) is 11.8 Å². The summed E-state index contributed by atoms with van der Waals surface area (Å²) in [5, 5.41) is 1.15. The topological polar surface area (TPSA) is 74.3 Å². The number of nitrogens with one attached hydrogen (secondary N) is 1. The molecular weight excluding hydrogens is 434 g/mol. The summed E-state index contributed by atoms with van der Waals surface area (Å²) in [6, 6.07) is 16.2. The average Bonchev–Trinajstić information content (AvgIpc) is 3.35. The number of anilines is 2. The quantitative estimate of drug-likeness (QED) is 0.465. The third-order valence-electron chi connectivity index (χ3n) is 6.31. The highest BCUT2D eigenvalue weighted by Crippen LogP contribution is 2.37. The number of thioether (sulfide) groups is 1. The largest absolute Gasteiger partial charge is 0.377 e. The van der Waals surface area contributed by atoms with Crippen molar-refractivity contribution in [3.8, 4) is 11.4 Å². The fraction of sp³-hybridized carbons (Fsp3) is 0.240. The molecule has 2 aliphatic heterocycles. The molecule has 1 amide bonds. The molecule has 4 aromatic rings. The number of aromatic nitrogens is 3. The van der Waals surface area contributed by atoms with E-state index in [-0.39, 0.29) is 11.9 Å². The number of ether oxygens (including phenoxy) is 1. The van der Waals surface area contributed by atoms with Crippen LogP contribution >= 0.6 is 11.8 Å². The van der Waals surface area contributed by atoms with Crippen LogP contribution in [-0.4, -0.2) is 52.9 Å². The lowest BCUT2D eigenvalue weighted by Crippen LogP contribution is -2.58. The molecule has 0 radical (unpaired) electrons. The van der Waals surface area contributed by atoms with Crippen LogP contribution in [0.25, 0.3) is 22.3 Å². The Morgan fingerprint density at radius 3 is 2.91 bits per heavy atom. The monoisotopic (exact) mass is 457 g/mol. The fourth-order valence-corrected chi connectivity index (χ4v) is 4.94. The number of nitrogens with zero attached hydrogens (tertiary/aromatic N) is 4. The minimum atomic E-state index is -0.370. The maximum atomic E-state index is 13.5. The lowest BCUT2D eigenvalue weighted by molar-refractivity contribution is -0.122. The number of hydrogen-bond acceptors (Lipinski definition) is 6. The van der Waals surface area contributed by atoms with Crippen LogP contribution in [0.15, 0.2) is 65.8 Å². The van der Waals surface area contributed by atoms with E-state index in [4.69, 9.17) is 9.72 Å². The number of benzene rings is 2. The SMILES string of the molecule is CSc1ccc(CN2C(=O)C3COCCN3c3nc(-c4ccc5cc[nH]c5c4)ncc32)cc1. The maximum Gasteiger partial charge on any atom is 0.252 e. The number of H-pyrrole nitrogens is 1. The summed E-state index contributed by atoms with van der Waals surface area (Å²) in [5.41, 5.74) is 3.80. The zero-order chi connectivity index (χ0) is 22.4. The fourth-order valence-electron chi connectivity index (χ4n) is 4.53. The zero-order valence-corrected chi connectivity index (χ0v) is 19.0. The number of fused-ring (bicyclic) bond motifs is 4. The molecule has 4 heterocycles. The molecule has 1 N–H and O–H groups in total. The normalized spacial score (nSPS) is 17.8. The van der Waals surface area contributed by atoms with Crippen molar-refractivity contribution in [1.82, 2.24) is 15.0 Å². The Morgan fingerprint density at radius 2 is 2.06 bits per heavy atom. The van der Waals surface area contributed by atoms with Gasteiger partial charge in [-0.25, -0.2) is 9.97 Å². The van der Waals surface area contributed by atoms with Gasteiger partial charge in [-0.05, 0) is 41.5 Å². The van der Waals surface area contributed by atoms with Gasteiger partial charge in [-0.3, -0.25) is 4.79 Å². The van der Waals surface area contributed by atoms with E-state index in [0.29, 0.717) is 32.1 Å². The summed E-state index contributed by atoms with van der Waals surface area (Å²) in [7, 11) is 0. The summed E-state index contributed by atoms with van der Waals surface area (Å²) in [6.45, 7) is 2.05. The van der Waals surface area contributed by atoms with Crippen LogP contribution in [0.1, 0.15) is 5.56 Å². The van der Waals surface area contributed by atoms with E-state index < -0.39 is 0 Å². The lowest BCUT2D eigenvalue weighted by Gasteiger charge is -2.43. The molecule has 7 nitrogen and oxygen atoms in total. The van der Waals surface area contributed by atoms with Crippen molar-refractivity contribution in [2.45, 2.75) is 17.5 Å². The van der Waals surface area contributed by atoms with Gasteiger partial charge < -0.3 is 19.5 Å². The van der Waals surface area contributed by atoms with Crippen molar-refractivity contribution in [2.75, 3.05) is 35.8 Å². The van der Waals surface area contributed by atoms with Gasteiger partial charge >= 0.3 is 0 Å². The molecule has 0 aliphatic carbocycles. The highest BCUT2D eigenvalue weighted by molar-refractivity contribution is 7.98. The number of rotatable bonds is 4. The Morgan fingerprint density at radius 1 is 1.18 bits per heavy atom. The van der Waals surface area contributed by atoms with E-state index in [9.17, 15) is 4.79 Å². The van der Waals surface area contributed by atoms with Gasteiger partial charge in [0.2, 0.25) is 0 Å². The summed E-state index contributed by atoms with van der Waals surface area (Å²) < 4.78 is 5.67. The number of amides is 1. The van der Waals surface area contributed by atoms with Crippen molar-refractivity contribution in [1.29, 1.82) is 0 Å². The number of carbonyl (C=O) groups excluding carboxylic acids is 1. The minimum Gasteiger partial charge on any atom is -0.377 e. The molecule has 1 fully saturated rings. The van der Waals surface area contributed by atoms with Crippen LogP contribution in [-0.2, 0) is 16.1 Å². The van der Waals surface area contributed by atoms with Gasteiger partial charge in [0.1, 0.15) is 11.7 Å². The van der Waals surface area contributed by atoms with E-state index >= 15 is 0 Å². The van der Waals surface area contributed by atoms with E-state index in [1.165, 1.54) is 4.90 Å². The first-order valence-electron chi connectivity index (χ1n) is 10.9. The molecule has 2 aromatic heterocycles.